The number of rotatable bonds is 3. The highest BCUT2D eigenvalue weighted by atomic mass is 32.1. The van der Waals surface area contributed by atoms with E-state index in [1.54, 1.807) is 6.21 Å². The van der Waals surface area contributed by atoms with E-state index in [2.05, 4.69) is 26.9 Å². The highest BCUT2D eigenvalue weighted by molar-refractivity contribution is 7.16. The number of primary amides is 1. The van der Waals surface area contributed by atoms with Crippen LogP contribution in [0.4, 0.5) is 5.00 Å². The van der Waals surface area contributed by atoms with Crippen LogP contribution in [0.1, 0.15) is 26.6 Å². The molecule has 0 spiro atoms. The first kappa shape index (κ1) is 15.0. The average molecular weight is 339 g/mol. The lowest BCUT2D eigenvalue weighted by molar-refractivity contribution is 0.1000. The molecule has 0 atom stereocenters. The maximum absolute atomic E-state index is 11.9. The molecule has 1 amide bonds. The second-order valence-corrected chi connectivity index (χ2v) is 7.02. The Morgan fingerprint density at radius 2 is 2.29 bits per heavy atom. The molecule has 0 unspecified atom stereocenters. The molecule has 7 heteroatoms. The summed E-state index contributed by atoms with van der Waals surface area (Å²) in [6.45, 7) is 1.76. The molecule has 0 fully saturated rings. The zero-order chi connectivity index (χ0) is 16.7. The van der Waals surface area contributed by atoms with E-state index in [-0.39, 0.29) is 0 Å². The summed E-state index contributed by atoms with van der Waals surface area (Å²) < 4.78 is 0. The number of nitrogens with one attached hydrogen (secondary N) is 1. The van der Waals surface area contributed by atoms with Crippen LogP contribution in [0.25, 0.3) is 11.0 Å². The van der Waals surface area contributed by atoms with E-state index >= 15 is 0 Å². The number of carbonyl (C=O) groups excluding carboxylic acids is 1. The Morgan fingerprint density at radius 3 is 3.08 bits per heavy atom. The van der Waals surface area contributed by atoms with Crippen molar-refractivity contribution in [3.8, 4) is 0 Å². The Hall–Kier alpha value is -2.51. The highest BCUT2D eigenvalue weighted by Crippen LogP contribution is 2.38. The molecule has 6 nitrogen and oxygen atoms in total. The number of aliphatic imine (C=N–C) groups is 1. The molecule has 3 N–H and O–H groups in total. The van der Waals surface area contributed by atoms with Gasteiger partial charge in [-0.1, -0.05) is 12.1 Å². The third kappa shape index (κ3) is 2.61. The van der Waals surface area contributed by atoms with Crippen LogP contribution in [0.3, 0.4) is 0 Å². The maximum atomic E-state index is 11.9. The van der Waals surface area contributed by atoms with Crippen LogP contribution >= 0.6 is 11.3 Å². The molecule has 122 valence electrons. The van der Waals surface area contributed by atoms with Crippen LogP contribution in [0.2, 0.25) is 0 Å². The van der Waals surface area contributed by atoms with Crippen molar-refractivity contribution in [3.05, 3.63) is 46.1 Å². The topological polar surface area (TPSA) is 87.4 Å². The summed E-state index contributed by atoms with van der Waals surface area (Å²) >= 11 is 1.54. The van der Waals surface area contributed by atoms with Crippen molar-refractivity contribution >= 4 is 39.5 Å². The van der Waals surface area contributed by atoms with Gasteiger partial charge < -0.3 is 15.6 Å². The number of nitrogens with zero attached hydrogens (tertiary/aromatic N) is 3. The fraction of sp³-hybridized carbons (Fsp3) is 0.235. The van der Waals surface area contributed by atoms with E-state index in [4.69, 9.17) is 5.73 Å². The molecule has 0 saturated heterocycles. The Morgan fingerprint density at radius 1 is 1.46 bits per heavy atom. The first-order valence-corrected chi connectivity index (χ1v) is 8.55. The van der Waals surface area contributed by atoms with Gasteiger partial charge in [-0.2, -0.15) is 0 Å². The summed E-state index contributed by atoms with van der Waals surface area (Å²) in [5.74, 6) is 0.254. The number of benzene rings is 1. The van der Waals surface area contributed by atoms with E-state index in [9.17, 15) is 4.79 Å². The van der Waals surface area contributed by atoms with Crippen LogP contribution in [0.15, 0.2) is 29.3 Å². The van der Waals surface area contributed by atoms with Crippen LogP contribution in [-0.4, -0.2) is 40.6 Å². The number of imidazole rings is 1. The smallest absolute Gasteiger partial charge is 0.252 e. The molecule has 1 aliphatic rings. The molecular formula is C17H17N5OS. The van der Waals surface area contributed by atoms with Gasteiger partial charge in [0, 0.05) is 18.0 Å². The highest BCUT2D eigenvalue weighted by Gasteiger charge is 2.25. The van der Waals surface area contributed by atoms with Crippen molar-refractivity contribution < 1.29 is 4.79 Å². The molecule has 2 aromatic heterocycles. The Labute approximate surface area is 143 Å². The Balaban J connectivity index is 1.72. The molecule has 3 aromatic rings. The zero-order valence-corrected chi connectivity index (χ0v) is 14.1. The number of aromatic amines is 1. The maximum Gasteiger partial charge on any atom is 0.252 e. The average Bonchev–Trinajstić information content (AvgIpc) is 3.12. The van der Waals surface area contributed by atoms with Crippen molar-refractivity contribution in [1.82, 2.24) is 14.9 Å². The Kier molecular flexibility index (Phi) is 3.66. The van der Waals surface area contributed by atoms with Crippen LogP contribution in [0.5, 0.6) is 0 Å². The van der Waals surface area contributed by atoms with E-state index in [1.807, 2.05) is 24.3 Å². The van der Waals surface area contributed by atoms with Crippen LogP contribution < -0.4 is 5.73 Å². The van der Waals surface area contributed by atoms with Gasteiger partial charge in [-0.15, -0.1) is 11.3 Å². The standard InChI is InChI=1S/C17H17N5OS/c1-22-7-6-10-13(9-22)24-17(15(10)16(18)23)19-8-14-20-11-4-2-3-5-12(11)21-14/h2-5,8H,6-7,9H2,1H3,(H2,18,23)(H,20,21)/b19-8+. The lowest BCUT2D eigenvalue weighted by Crippen LogP contribution is -2.26. The molecule has 0 bridgehead atoms. The molecule has 0 saturated carbocycles. The van der Waals surface area contributed by atoms with Crippen molar-refractivity contribution in [3.63, 3.8) is 0 Å². The van der Waals surface area contributed by atoms with E-state index in [0.717, 1.165) is 36.1 Å². The second-order valence-electron chi connectivity index (χ2n) is 5.93. The summed E-state index contributed by atoms with van der Waals surface area (Å²) in [5, 5.41) is 0.670. The molecule has 0 aliphatic carbocycles. The van der Waals surface area contributed by atoms with Gasteiger partial charge >= 0.3 is 0 Å². The lowest BCUT2D eigenvalue weighted by Gasteiger charge is -2.22. The lowest BCUT2D eigenvalue weighted by atomic mass is 10.0. The van der Waals surface area contributed by atoms with Crippen molar-refractivity contribution in [2.45, 2.75) is 13.0 Å². The number of H-pyrrole nitrogens is 1. The van der Waals surface area contributed by atoms with Gasteiger partial charge in [-0.3, -0.25) is 4.79 Å². The molecule has 1 aliphatic heterocycles. The third-order valence-electron chi connectivity index (χ3n) is 4.19. The van der Waals surface area contributed by atoms with E-state index in [1.165, 1.54) is 16.2 Å². The minimum absolute atomic E-state index is 0.409. The summed E-state index contributed by atoms with van der Waals surface area (Å²) in [7, 11) is 2.07. The number of likely N-dealkylation sites (N-methyl/N-ethyl adjacent to an activating group) is 1. The fourth-order valence-electron chi connectivity index (χ4n) is 3.02. The van der Waals surface area contributed by atoms with Gasteiger partial charge in [0.2, 0.25) is 0 Å². The molecule has 4 rings (SSSR count). The first-order chi connectivity index (χ1) is 11.6. The minimum atomic E-state index is -0.409. The fourth-order valence-corrected chi connectivity index (χ4v) is 4.29. The number of para-hydroxylation sites is 2. The molecular weight excluding hydrogens is 322 g/mol. The number of hydrogen-bond acceptors (Lipinski definition) is 5. The zero-order valence-electron chi connectivity index (χ0n) is 13.2. The molecule has 1 aromatic carbocycles. The summed E-state index contributed by atoms with van der Waals surface area (Å²) in [4.78, 5) is 27.5. The first-order valence-electron chi connectivity index (χ1n) is 7.73. The second kappa shape index (κ2) is 5.85. The Bertz CT molecular complexity index is 922. The van der Waals surface area contributed by atoms with Gasteiger partial charge in [0.05, 0.1) is 22.8 Å². The van der Waals surface area contributed by atoms with Crippen molar-refractivity contribution in [2.24, 2.45) is 10.7 Å². The monoisotopic (exact) mass is 339 g/mol. The quantitative estimate of drug-likeness (QED) is 0.719. The van der Waals surface area contributed by atoms with Crippen molar-refractivity contribution in [1.29, 1.82) is 0 Å². The van der Waals surface area contributed by atoms with E-state index < -0.39 is 5.91 Å². The number of amides is 1. The number of carbonyl (C=O) groups is 1. The predicted octanol–water partition coefficient (Wildman–Crippen LogP) is 2.46. The number of thiophene rings is 1. The number of fused-ring (bicyclic) bond motifs is 2. The molecule has 3 heterocycles. The van der Waals surface area contributed by atoms with Crippen molar-refractivity contribution in [2.75, 3.05) is 13.6 Å². The number of nitrogens with two attached hydrogens (primary N) is 1. The van der Waals surface area contributed by atoms with Gasteiger partial charge in [-0.05, 0) is 31.2 Å². The normalized spacial score (nSPS) is 15.2. The van der Waals surface area contributed by atoms with Gasteiger partial charge in [-0.25, -0.2) is 9.98 Å². The van der Waals surface area contributed by atoms with Gasteiger partial charge in [0.25, 0.3) is 5.91 Å². The van der Waals surface area contributed by atoms with Gasteiger partial charge in [0.1, 0.15) is 10.8 Å². The SMILES string of the molecule is CN1CCc2c(sc(/N=C/c3nc4ccccc4[nH]3)c2C(N)=O)C1. The van der Waals surface area contributed by atoms with Crippen LogP contribution in [0, 0.1) is 0 Å². The summed E-state index contributed by atoms with van der Waals surface area (Å²) in [6, 6.07) is 7.81. The molecule has 24 heavy (non-hydrogen) atoms. The molecule has 0 radical (unpaired) electrons. The third-order valence-corrected chi connectivity index (χ3v) is 5.31. The number of aromatic nitrogens is 2. The predicted molar refractivity (Wildman–Crippen MR) is 96.2 cm³/mol. The van der Waals surface area contributed by atoms with Crippen LogP contribution in [-0.2, 0) is 13.0 Å². The van der Waals surface area contributed by atoms with E-state index in [0.29, 0.717) is 16.4 Å². The summed E-state index contributed by atoms with van der Waals surface area (Å²) in [5.41, 5.74) is 9.08. The largest absolute Gasteiger partial charge is 0.365 e. The summed E-state index contributed by atoms with van der Waals surface area (Å²) in [6.07, 6.45) is 2.49. The van der Waals surface area contributed by atoms with Gasteiger partial charge in [0.15, 0.2) is 0 Å². The minimum Gasteiger partial charge on any atom is -0.365 e. The number of hydrogen-bond donors (Lipinski definition) is 2.